The average molecular weight is 475 g/mol. The van der Waals surface area contributed by atoms with Gasteiger partial charge < -0.3 is 0 Å². The zero-order valence-corrected chi connectivity index (χ0v) is 20.4. The summed E-state index contributed by atoms with van der Waals surface area (Å²) in [4.78, 5) is 2.68. The molecule has 0 bridgehead atoms. The molecule has 0 amide bonds. The molecule has 1 heteroatoms. The van der Waals surface area contributed by atoms with Crippen LogP contribution in [0.5, 0.6) is 0 Å². The minimum atomic E-state index is -0.355. The van der Waals surface area contributed by atoms with E-state index in [0.717, 1.165) is 0 Å². The molecular formula is C35H22S. The van der Waals surface area contributed by atoms with Crippen LogP contribution in [-0.2, 0) is 5.41 Å². The van der Waals surface area contributed by atoms with Crippen molar-refractivity contribution in [3.05, 3.63) is 156 Å². The summed E-state index contributed by atoms with van der Waals surface area (Å²) in [5.74, 6) is 0. The SMILES string of the molecule is c1ccc2c(c1)Sc1ccccc1C21c2ccccc2-c2cccc(-c3ccc4ccccc4c3)c21. The molecule has 1 spiro atoms. The highest BCUT2D eigenvalue weighted by atomic mass is 32.2. The highest BCUT2D eigenvalue weighted by molar-refractivity contribution is 7.99. The Labute approximate surface area is 215 Å². The third-order valence-corrected chi connectivity index (χ3v) is 9.08. The molecule has 168 valence electrons. The second kappa shape index (κ2) is 7.46. The van der Waals surface area contributed by atoms with Crippen molar-refractivity contribution in [3.8, 4) is 22.3 Å². The lowest BCUT2D eigenvalue weighted by Crippen LogP contribution is -2.32. The van der Waals surface area contributed by atoms with Gasteiger partial charge in [-0.25, -0.2) is 0 Å². The van der Waals surface area contributed by atoms with Crippen molar-refractivity contribution in [2.24, 2.45) is 0 Å². The van der Waals surface area contributed by atoms with E-state index in [4.69, 9.17) is 0 Å². The van der Waals surface area contributed by atoms with Gasteiger partial charge in [0.05, 0.1) is 5.41 Å². The summed E-state index contributed by atoms with van der Waals surface area (Å²) in [6.07, 6.45) is 0. The van der Waals surface area contributed by atoms with Gasteiger partial charge in [0.1, 0.15) is 0 Å². The number of fused-ring (bicyclic) bond motifs is 10. The van der Waals surface area contributed by atoms with Gasteiger partial charge >= 0.3 is 0 Å². The maximum Gasteiger partial charge on any atom is 0.0741 e. The van der Waals surface area contributed by atoms with Gasteiger partial charge in [-0.15, -0.1) is 0 Å². The minimum Gasteiger partial charge on any atom is -0.0894 e. The Morgan fingerprint density at radius 1 is 0.417 bits per heavy atom. The molecule has 1 heterocycles. The third kappa shape index (κ3) is 2.56. The Hall–Kier alpha value is -4.07. The first-order valence-corrected chi connectivity index (χ1v) is 13.3. The Bertz CT molecular complexity index is 1780. The number of hydrogen-bond donors (Lipinski definition) is 0. The molecule has 0 unspecified atom stereocenters. The van der Waals surface area contributed by atoms with Gasteiger partial charge in [-0.3, -0.25) is 0 Å². The molecule has 6 aromatic rings. The monoisotopic (exact) mass is 474 g/mol. The van der Waals surface area contributed by atoms with Crippen LogP contribution in [0, 0.1) is 0 Å². The lowest BCUT2D eigenvalue weighted by atomic mass is 9.65. The molecule has 0 nitrogen and oxygen atoms in total. The molecule has 0 aromatic heterocycles. The van der Waals surface area contributed by atoms with Crippen LogP contribution in [0.25, 0.3) is 33.0 Å². The summed E-state index contributed by atoms with van der Waals surface area (Å²) >= 11 is 1.90. The van der Waals surface area contributed by atoms with Gasteiger partial charge in [0.25, 0.3) is 0 Å². The van der Waals surface area contributed by atoms with E-state index in [1.54, 1.807) is 0 Å². The van der Waals surface area contributed by atoms with Gasteiger partial charge in [0.2, 0.25) is 0 Å². The van der Waals surface area contributed by atoms with E-state index in [0.29, 0.717) is 0 Å². The standard InChI is InChI=1S/C35H22S/c1-2-11-24-22-25(21-20-23(24)10-1)26-13-9-14-28-27-12-3-4-15-29(27)35(34(26)28)30-16-5-7-18-32(30)36-33-19-8-6-17-31(33)35/h1-22H. The average Bonchev–Trinajstić information content (AvgIpc) is 3.24. The molecule has 1 aliphatic carbocycles. The maximum atomic E-state index is 2.36. The second-order valence-corrected chi connectivity index (χ2v) is 10.8. The van der Waals surface area contributed by atoms with Crippen LogP contribution in [0.4, 0.5) is 0 Å². The van der Waals surface area contributed by atoms with Crippen LogP contribution in [0.2, 0.25) is 0 Å². The molecule has 8 rings (SSSR count). The van der Waals surface area contributed by atoms with E-state index in [-0.39, 0.29) is 5.41 Å². The Morgan fingerprint density at radius 3 is 1.78 bits per heavy atom. The van der Waals surface area contributed by atoms with Crippen molar-refractivity contribution in [2.75, 3.05) is 0 Å². The summed E-state index contributed by atoms with van der Waals surface area (Å²) in [6.45, 7) is 0. The zero-order valence-electron chi connectivity index (χ0n) is 19.6. The molecule has 0 saturated carbocycles. The van der Waals surface area contributed by atoms with Crippen molar-refractivity contribution >= 4 is 22.5 Å². The summed E-state index contributed by atoms with van der Waals surface area (Å²) < 4.78 is 0. The normalized spacial score (nSPS) is 14.2. The Kier molecular flexibility index (Phi) is 4.18. The van der Waals surface area contributed by atoms with E-state index in [1.165, 1.54) is 65.1 Å². The summed E-state index contributed by atoms with van der Waals surface area (Å²) in [5.41, 5.74) is 10.5. The van der Waals surface area contributed by atoms with Crippen molar-refractivity contribution in [2.45, 2.75) is 15.2 Å². The van der Waals surface area contributed by atoms with Crippen molar-refractivity contribution in [3.63, 3.8) is 0 Å². The summed E-state index contributed by atoms with van der Waals surface area (Å²) in [7, 11) is 0. The van der Waals surface area contributed by atoms with E-state index < -0.39 is 0 Å². The molecule has 0 N–H and O–H groups in total. The van der Waals surface area contributed by atoms with Gasteiger partial charge in [-0.05, 0) is 73.5 Å². The quantitative estimate of drug-likeness (QED) is 0.228. The van der Waals surface area contributed by atoms with Crippen LogP contribution in [-0.4, -0.2) is 0 Å². The molecule has 0 saturated heterocycles. The predicted octanol–water partition coefficient (Wildman–Crippen LogP) is 9.33. The van der Waals surface area contributed by atoms with Gasteiger partial charge in [0, 0.05) is 9.79 Å². The van der Waals surface area contributed by atoms with Crippen molar-refractivity contribution < 1.29 is 0 Å². The lowest BCUT2D eigenvalue weighted by molar-refractivity contribution is 0.724. The fraction of sp³-hybridized carbons (Fsp3) is 0.0286. The molecule has 0 atom stereocenters. The second-order valence-electron chi connectivity index (χ2n) is 9.68. The number of hydrogen-bond acceptors (Lipinski definition) is 1. The fourth-order valence-electron chi connectivity index (χ4n) is 6.51. The minimum absolute atomic E-state index is 0.355. The Balaban J connectivity index is 1.55. The first-order chi connectivity index (χ1) is 17.9. The predicted molar refractivity (Wildman–Crippen MR) is 151 cm³/mol. The van der Waals surface area contributed by atoms with Crippen molar-refractivity contribution in [1.29, 1.82) is 0 Å². The first-order valence-electron chi connectivity index (χ1n) is 12.4. The smallest absolute Gasteiger partial charge is 0.0741 e. The number of benzene rings is 6. The summed E-state index contributed by atoms with van der Waals surface area (Å²) in [6, 6.07) is 49.5. The molecule has 36 heavy (non-hydrogen) atoms. The fourth-order valence-corrected chi connectivity index (χ4v) is 7.70. The van der Waals surface area contributed by atoms with E-state index in [2.05, 4.69) is 133 Å². The molecular weight excluding hydrogens is 452 g/mol. The maximum absolute atomic E-state index is 2.36. The summed E-state index contributed by atoms with van der Waals surface area (Å²) in [5, 5.41) is 2.55. The van der Waals surface area contributed by atoms with Crippen LogP contribution >= 0.6 is 11.8 Å². The van der Waals surface area contributed by atoms with E-state index in [1.807, 2.05) is 11.8 Å². The molecule has 6 aromatic carbocycles. The zero-order chi connectivity index (χ0) is 23.7. The van der Waals surface area contributed by atoms with Crippen LogP contribution in [0.15, 0.2) is 143 Å². The molecule has 0 radical (unpaired) electrons. The van der Waals surface area contributed by atoms with Gasteiger partial charge in [0.15, 0.2) is 0 Å². The lowest BCUT2D eigenvalue weighted by Gasteiger charge is -2.40. The molecule has 1 aliphatic heterocycles. The first kappa shape index (κ1) is 20.2. The number of rotatable bonds is 1. The van der Waals surface area contributed by atoms with Crippen molar-refractivity contribution in [1.82, 2.24) is 0 Å². The Morgan fingerprint density at radius 2 is 1.00 bits per heavy atom. The van der Waals surface area contributed by atoms with Gasteiger partial charge in [-0.1, -0.05) is 127 Å². The van der Waals surface area contributed by atoms with Crippen LogP contribution in [0.1, 0.15) is 22.3 Å². The highest BCUT2D eigenvalue weighted by Gasteiger charge is 2.51. The van der Waals surface area contributed by atoms with Crippen LogP contribution in [0.3, 0.4) is 0 Å². The molecule has 0 fully saturated rings. The van der Waals surface area contributed by atoms with Gasteiger partial charge in [-0.2, -0.15) is 0 Å². The molecule has 2 aliphatic rings. The topological polar surface area (TPSA) is 0 Å². The third-order valence-electron chi connectivity index (χ3n) is 7.92. The van der Waals surface area contributed by atoms with E-state index in [9.17, 15) is 0 Å². The van der Waals surface area contributed by atoms with E-state index >= 15 is 0 Å². The van der Waals surface area contributed by atoms with Crippen LogP contribution < -0.4 is 0 Å². The highest BCUT2D eigenvalue weighted by Crippen LogP contribution is 2.63. The largest absolute Gasteiger partial charge is 0.0894 e.